The molecule has 214 valence electrons. The predicted octanol–water partition coefficient (Wildman–Crippen LogP) is 4.48. The lowest BCUT2D eigenvalue weighted by Crippen LogP contribution is -2.44. The molecule has 0 saturated carbocycles. The van der Waals surface area contributed by atoms with Crippen LogP contribution in [0.2, 0.25) is 0 Å². The fourth-order valence-corrected chi connectivity index (χ4v) is 4.48. The minimum atomic E-state index is -0.489. The van der Waals surface area contributed by atoms with Crippen LogP contribution in [-0.2, 0) is 20.7 Å². The van der Waals surface area contributed by atoms with Gasteiger partial charge in [-0.1, -0.05) is 25.8 Å². The highest BCUT2D eigenvalue weighted by atomic mass is 16.7. The van der Waals surface area contributed by atoms with Gasteiger partial charge >= 0.3 is 0 Å². The Kier molecular flexibility index (Phi) is 12.2. The van der Waals surface area contributed by atoms with Crippen LogP contribution in [0.5, 0.6) is 5.75 Å². The van der Waals surface area contributed by atoms with Crippen molar-refractivity contribution in [2.45, 2.75) is 40.4 Å². The number of nitrogens with zero attached hydrogens (tertiary/aromatic N) is 4. The summed E-state index contributed by atoms with van der Waals surface area (Å²) in [5.41, 5.74) is 3.01. The summed E-state index contributed by atoms with van der Waals surface area (Å²) < 4.78 is 17.2. The third kappa shape index (κ3) is 8.39. The van der Waals surface area contributed by atoms with Crippen molar-refractivity contribution in [3.8, 4) is 18.1 Å². The molecule has 9 heteroatoms. The predicted molar refractivity (Wildman–Crippen MR) is 159 cm³/mol. The Morgan fingerprint density at radius 3 is 2.45 bits per heavy atom. The van der Waals surface area contributed by atoms with Crippen LogP contribution >= 0.6 is 0 Å². The molecular weight excluding hydrogens is 506 g/mol. The van der Waals surface area contributed by atoms with Crippen LogP contribution in [0, 0.1) is 12.3 Å². The molecule has 2 aromatic carbocycles. The molecule has 1 heterocycles. The van der Waals surface area contributed by atoms with Crippen LogP contribution < -0.4 is 10.1 Å². The second-order valence-electron chi connectivity index (χ2n) is 9.14. The van der Waals surface area contributed by atoms with Crippen LogP contribution in [0.25, 0.3) is 10.9 Å². The number of rotatable bonds is 16. The molecule has 0 atom stereocenters. The molecule has 1 amide bonds. The first kappa shape index (κ1) is 30.8. The van der Waals surface area contributed by atoms with Crippen molar-refractivity contribution in [1.29, 1.82) is 0 Å². The molecule has 1 N–H and O–H groups in total. The molecule has 3 rings (SSSR count). The maximum atomic E-state index is 13.8. The van der Waals surface area contributed by atoms with Gasteiger partial charge in [0.1, 0.15) is 17.9 Å². The number of anilines is 2. The van der Waals surface area contributed by atoms with Gasteiger partial charge in [-0.2, -0.15) is 0 Å². The van der Waals surface area contributed by atoms with Gasteiger partial charge in [-0.15, -0.1) is 6.42 Å². The summed E-state index contributed by atoms with van der Waals surface area (Å²) in [5, 5.41) is 4.11. The highest BCUT2D eigenvalue weighted by Gasteiger charge is 2.22. The Bertz CT molecular complexity index is 1280. The SMILES string of the molecule is C#Cc1cccc(Nc2ncnc3cc(OC)c(CC(=O)N(CCN(CC)CC)CC(OCC)OCC)cc23)c1. The second kappa shape index (κ2) is 15.8. The van der Waals surface area contributed by atoms with Gasteiger partial charge in [0.05, 0.1) is 25.6 Å². The summed E-state index contributed by atoms with van der Waals surface area (Å²) in [6.07, 6.45) is 6.72. The highest BCUT2D eigenvalue weighted by molar-refractivity contribution is 5.93. The number of hydrogen-bond acceptors (Lipinski definition) is 8. The zero-order valence-corrected chi connectivity index (χ0v) is 24.3. The van der Waals surface area contributed by atoms with E-state index in [4.69, 9.17) is 20.6 Å². The van der Waals surface area contributed by atoms with Crippen molar-refractivity contribution >= 4 is 28.3 Å². The lowest BCUT2D eigenvalue weighted by molar-refractivity contribution is -0.158. The molecule has 0 aliphatic heterocycles. The number of fused-ring (bicyclic) bond motifs is 1. The Balaban J connectivity index is 1.92. The number of methoxy groups -OCH3 is 1. The monoisotopic (exact) mass is 547 g/mol. The summed E-state index contributed by atoms with van der Waals surface area (Å²) in [6.45, 7) is 12.6. The number of carbonyl (C=O) groups is 1. The van der Waals surface area contributed by atoms with Crippen LogP contribution in [-0.4, -0.2) is 85.0 Å². The summed E-state index contributed by atoms with van der Waals surface area (Å²) in [4.78, 5) is 26.8. The fraction of sp³-hybridized carbons (Fsp3) is 0.452. The summed E-state index contributed by atoms with van der Waals surface area (Å²) >= 11 is 0. The first-order chi connectivity index (χ1) is 19.5. The van der Waals surface area contributed by atoms with E-state index in [-0.39, 0.29) is 12.3 Å². The third-order valence-corrected chi connectivity index (χ3v) is 6.68. The van der Waals surface area contributed by atoms with Gasteiger partial charge in [0.25, 0.3) is 0 Å². The fourth-order valence-electron chi connectivity index (χ4n) is 4.48. The lowest BCUT2D eigenvalue weighted by Gasteiger charge is -2.30. The van der Waals surface area contributed by atoms with E-state index in [0.29, 0.717) is 43.4 Å². The van der Waals surface area contributed by atoms with E-state index < -0.39 is 6.29 Å². The van der Waals surface area contributed by atoms with Crippen molar-refractivity contribution in [1.82, 2.24) is 19.8 Å². The molecule has 3 aromatic rings. The number of amides is 1. The average molecular weight is 548 g/mol. The van der Waals surface area contributed by atoms with Crippen LogP contribution in [0.15, 0.2) is 42.7 Å². The third-order valence-electron chi connectivity index (χ3n) is 6.68. The number of ether oxygens (including phenoxy) is 3. The molecule has 0 saturated heterocycles. The van der Waals surface area contributed by atoms with Gasteiger partial charge < -0.3 is 29.3 Å². The maximum Gasteiger partial charge on any atom is 0.227 e. The molecular formula is C31H41N5O4. The van der Waals surface area contributed by atoms with Crippen molar-refractivity contribution in [3.05, 3.63) is 53.9 Å². The number of carbonyl (C=O) groups excluding carboxylic acids is 1. The van der Waals surface area contributed by atoms with Crippen molar-refractivity contribution < 1.29 is 19.0 Å². The largest absolute Gasteiger partial charge is 0.496 e. The standard InChI is InChI=1S/C31H41N5O4/c1-7-23-13-12-14-25(17-23)34-31-26-18-24(28(38-6)20-27(26)32-22-33-31)19-29(37)36(16-15-35(8-2)9-3)21-30(39-10-4)40-11-5/h1,12-14,17-18,20,22,30H,8-11,15-16,19,21H2,2-6H3,(H,32,33,34). The first-order valence-corrected chi connectivity index (χ1v) is 13.8. The summed E-state index contributed by atoms with van der Waals surface area (Å²) in [7, 11) is 1.60. The van der Waals surface area contributed by atoms with E-state index in [9.17, 15) is 4.79 Å². The zero-order valence-electron chi connectivity index (χ0n) is 24.3. The molecule has 0 radical (unpaired) electrons. The van der Waals surface area contributed by atoms with Crippen molar-refractivity contribution in [3.63, 3.8) is 0 Å². The number of terminal acetylenes is 1. The molecule has 0 unspecified atom stereocenters. The Hall–Kier alpha value is -3.71. The molecule has 40 heavy (non-hydrogen) atoms. The number of likely N-dealkylation sites (N-methyl/N-ethyl adjacent to an activating group) is 1. The zero-order chi connectivity index (χ0) is 28.9. The van der Waals surface area contributed by atoms with E-state index in [2.05, 4.69) is 40.0 Å². The van der Waals surface area contributed by atoms with Crippen LogP contribution in [0.4, 0.5) is 11.5 Å². The Morgan fingerprint density at radius 2 is 1.80 bits per heavy atom. The normalized spacial score (nSPS) is 11.2. The number of hydrogen-bond donors (Lipinski definition) is 1. The quantitative estimate of drug-likeness (QED) is 0.208. The van der Waals surface area contributed by atoms with Gasteiger partial charge in [-0.05, 0) is 51.2 Å². The summed E-state index contributed by atoms with van der Waals surface area (Å²) in [6, 6.07) is 11.3. The molecule has 1 aromatic heterocycles. The molecule has 9 nitrogen and oxygen atoms in total. The summed E-state index contributed by atoms with van der Waals surface area (Å²) in [5.74, 6) is 3.81. The van der Waals surface area contributed by atoms with Crippen molar-refractivity contribution in [2.24, 2.45) is 0 Å². The number of nitrogens with one attached hydrogen (secondary N) is 1. The van der Waals surface area contributed by atoms with E-state index in [0.717, 1.165) is 41.8 Å². The first-order valence-electron chi connectivity index (χ1n) is 13.8. The van der Waals surface area contributed by atoms with Crippen LogP contribution in [0.3, 0.4) is 0 Å². The smallest absolute Gasteiger partial charge is 0.227 e. The van der Waals surface area contributed by atoms with Crippen molar-refractivity contribution in [2.75, 3.05) is 58.4 Å². The number of aromatic nitrogens is 2. The second-order valence-corrected chi connectivity index (χ2v) is 9.14. The van der Waals surface area contributed by atoms with E-state index in [1.165, 1.54) is 6.33 Å². The minimum absolute atomic E-state index is 0.0395. The Labute approximate surface area is 237 Å². The maximum absolute atomic E-state index is 13.8. The van der Waals surface area contributed by atoms with E-state index in [1.54, 1.807) is 7.11 Å². The van der Waals surface area contributed by atoms with Gasteiger partial charge in [-0.3, -0.25) is 4.79 Å². The molecule has 0 bridgehead atoms. The van der Waals surface area contributed by atoms with Crippen LogP contribution in [0.1, 0.15) is 38.8 Å². The molecule has 0 spiro atoms. The van der Waals surface area contributed by atoms with Gasteiger partial charge in [0.2, 0.25) is 5.91 Å². The molecule has 0 aliphatic rings. The minimum Gasteiger partial charge on any atom is -0.496 e. The topological polar surface area (TPSA) is 89.1 Å². The number of benzene rings is 2. The van der Waals surface area contributed by atoms with Gasteiger partial charge in [0.15, 0.2) is 6.29 Å². The van der Waals surface area contributed by atoms with E-state index >= 15 is 0 Å². The lowest BCUT2D eigenvalue weighted by atomic mass is 10.1. The molecule has 0 aliphatic carbocycles. The van der Waals surface area contributed by atoms with Gasteiger partial charge in [0, 0.05) is 54.6 Å². The van der Waals surface area contributed by atoms with E-state index in [1.807, 2.05) is 55.1 Å². The highest BCUT2D eigenvalue weighted by Crippen LogP contribution is 2.30. The average Bonchev–Trinajstić information content (AvgIpc) is 2.97. The molecule has 0 fully saturated rings. The van der Waals surface area contributed by atoms with Gasteiger partial charge in [-0.25, -0.2) is 9.97 Å². The Morgan fingerprint density at radius 1 is 1.05 bits per heavy atom.